The van der Waals surface area contributed by atoms with Gasteiger partial charge in [0.05, 0.1) is 13.0 Å². The van der Waals surface area contributed by atoms with E-state index in [2.05, 4.69) is 0 Å². The highest BCUT2D eigenvalue weighted by atomic mass is 16.5. The van der Waals surface area contributed by atoms with Crippen molar-refractivity contribution in [1.29, 1.82) is 0 Å². The molecular weight excluding hydrogens is 232 g/mol. The molecule has 0 bridgehead atoms. The lowest BCUT2D eigenvalue weighted by Gasteiger charge is -2.30. The molecule has 0 fully saturated rings. The Balaban J connectivity index is 3.04. The molecule has 2 atom stereocenters. The summed E-state index contributed by atoms with van der Waals surface area (Å²) in [5.41, 5.74) is -0.794. The minimum atomic E-state index is -1.38. The molecular formula is C14H20O4. The summed E-state index contributed by atoms with van der Waals surface area (Å²) in [7, 11) is 1.56. The molecule has 4 heteroatoms. The second kappa shape index (κ2) is 5.87. The van der Waals surface area contributed by atoms with Gasteiger partial charge in [-0.05, 0) is 31.0 Å². The van der Waals surface area contributed by atoms with Gasteiger partial charge in [-0.2, -0.15) is 0 Å². The molecule has 2 unspecified atom stereocenters. The molecule has 100 valence electrons. The van der Waals surface area contributed by atoms with Gasteiger partial charge in [0.25, 0.3) is 0 Å². The van der Waals surface area contributed by atoms with Crippen molar-refractivity contribution < 1.29 is 19.7 Å². The van der Waals surface area contributed by atoms with Crippen LogP contribution in [0.4, 0.5) is 0 Å². The lowest BCUT2D eigenvalue weighted by molar-refractivity contribution is -0.152. The Bertz CT molecular complexity index is 395. The van der Waals surface area contributed by atoms with Crippen molar-refractivity contribution in [2.75, 3.05) is 7.11 Å². The van der Waals surface area contributed by atoms with E-state index in [0.717, 1.165) is 0 Å². The quantitative estimate of drug-likeness (QED) is 0.816. The average molecular weight is 252 g/mol. The van der Waals surface area contributed by atoms with Crippen LogP contribution in [0.3, 0.4) is 0 Å². The SMILES string of the molecule is CCCC(C(=O)O)C(C)(O)c1ccc(OC)cc1. The second-order valence-corrected chi connectivity index (χ2v) is 4.56. The Hall–Kier alpha value is -1.55. The van der Waals surface area contributed by atoms with E-state index in [0.29, 0.717) is 24.2 Å². The van der Waals surface area contributed by atoms with Gasteiger partial charge in [0.1, 0.15) is 11.4 Å². The van der Waals surface area contributed by atoms with Crippen LogP contribution in [0.1, 0.15) is 32.3 Å². The number of methoxy groups -OCH3 is 1. The van der Waals surface area contributed by atoms with E-state index in [9.17, 15) is 15.0 Å². The maximum absolute atomic E-state index is 11.2. The summed E-state index contributed by atoms with van der Waals surface area (Å²) in [6.07, 6.45) is 1.15. The van der Waals surface area contributed by atoms with E-state index >= 15 is 0 Å². The lowest BCUT2D eigenvalue weighted by atomic mass is 9.80. The first-order valence-corrected chi connectivity index (χ1v) is 6.03. The first-order valence-electron chi connectivity index (χ1n) is 6.03. The Morgan fingerprint density at radius 3 is 2.33 bits per heavy atom. The molecule has 0 amide bonds. The standard InChI is InChI=1S/C14H20O4/c1-4-5-12(13(15)16)14(2,17)10-6-8-11(18-3)9-7-10/h6-9,12,17H,4-5H2,1-3H3,(H,15,16). The molecule has 0 saturated heterocycles. The molecule has 1 rings (SSSR count). The first kappa shape index (κ1) is 14.5. The number of hydrogen-bond donors (Lipinski definition) is 2. The molecule has 0 radical (unpaired) electrons. The number of ether oxygens (including phenoxy) is 1. The Morgan fingerprint density at radius 1 is 1.39 bits per heavy atom. The van der Waals surface area contributed by atoms with Gasteiger partial charge >= 0.3 is 5.97 Å². The summed E-state index contributed by atoms with van der Waals surface area (Å²) < 4.78 is 5.04. The summed E-state index contributed by atoms with van der Waals surface area (Å²) in [5, 5.41) is 19.7. The lowest BCUT2D eigenvalue weighted by Crippen LogP contribution is -2.37. The molecule has 0 aliphatic carbocycles. The third-order valence-corrected chi connectivity index (χ3v) is 3.23. The fourth-order valence-electron chi connectivity index (χ4n) is 2.06. The minimum absolute atomic E-state index is 0.439. The summed E-state index contributed by atoms with van der Waals surface area (Å²) in [5.74, 6) is -1.11. The fourth-order valence-corrected chi connectivity index (χ4v) is 2.06. The Labute approximate surface area is 107 Å². The molecule has 0 aromatic heterocycles. The number of aliphatic hydroxyl groups is 1. The van der Waals surface area contributed by atoms with E-state index in [-0.39, 0.29) is 0 Å². The maximum atomic E-state index is 11.2. The molecule has 18 heavy (non-hydrogen) atoms. The minimum Gasteiger partial charge on any atom is -0.497 e. The van der Waals surface area contributed by atoms with Crippen LogP contribution in [0.25, 0.3) is 0 Å². The summed E-state index contributed by atoms with van der Waals surface area (Å²) in [6.45, 7) is 3.45. The summed E-state index contributed by atoms with van der Waals surface area (Å²) in [4.78, 5) is 11.2. The van der Waals surface area contributed by atoms with Crippen LogP contribution in [-0.4, -0.2) is 23.3 Å². The zero-order valence-electron chi connectivity index (χ0n) is 11.0. The normalized spacial score (nSPS) is 15.8. The molecule has 0 heterocycles. The van der Waals surface area contributed by atoms with Crippen molar-refractivity contribution in [3.63, 3.8) is 0 Å². The van der Waals surface area contributed by atoms with Gasteiger partial charge in [0.15, 0.2) is 0 Å². The summed E-state index contributed by atoms with van der Waals surface area (Å²) >= 11 is 0. The third kappa shape index (κ3) is 3.01. The number of carbonyl (C=O) groups is 1. The maximum Gasteiger partial charge on any atom is 0.309 e. The van der Waals surface area contributed by atoms with Gasteiger partial charge in [-0.15, -0.1) is 0 Å². The van der Waals surface area contributed by atoms with Crippen molar-refractivity contribution in [1.82, 2.24) is 0 Å². The topological polar surface area (TPSA) is 66.8 Å². The predicted molar refractivity (Wildman–Crippen MR) is 68.6 cm³/mol. The van der Waals surface area contributed by atoms with Gasteiger partial charge in [0, 0.05) is 0 Å². The van der Waals surface area contributed by atoms with Crippen LogP contribution in [-0.2, 0) is 10.4 Å². The molecule has 2 N–H and O–H groups in total. The van der Waals surface area contributed by atoms with E-state index in [1.165, 1.54) is 0 Å². The molecule has 4 nitrogen and oxygen atoms in total. The Kier molecular flexibility index (Phi) is 4.73. The highest BCUT2D eigenvalue weighted by molar-refractivity contribution is 5.72. The molecule has 1 aromatic carbocycles. The molecule has 1 aromatic rings. The smallest absolute Gasteiger partial charge is 0.309 e. The largest absolute Gasteiger partial charge is 0.497 e. The molecule has 0 saturated carbocycles. The number of aliphatic carboxylic acids is 1. The highest BCUT2D eigenvalue weighted by Gasteiger charge is 2.38. The highest BCUT2D eigenvalue weighted by Crippen LogP contribution is 2.33. The molecule has 0 aliphatic rings. The second-order valence-electron chi connectivity index (χ2n) is 4.56. The zero-order valence-corrected chi connectivity index (χ0v) is 11.0. The van der Waals surface area contributed by atoms with Crippen LogP contribution < -0.4 is 4.74 Å². The molecule has 0 aliphatic heterocycles. The van der Waals surface area contributed by atoms with Crippen molar-refractivity contribution >= 4 is 5.97 Å². The van der Waals surface area contributed by atoms with Crippen LogP contribution in [0, 0.1) is 5.92 Å². The average Bonchev–Trinajstić information content (AvgIpc) is 2.35. The van der Waals surface area contributed by atoms with E-state index < -0.39 is 17.5 Å². The number of hydrogen-bond acceptors (Lipinski definition) is 3. The van der Waals surface area contributed by atoms with Gasteiger partial charge in [-0.1, -0.05) is 25.5 Å². The number of rotatable bonds is 6. The van der Waals surface area contributed by atoms with Crippen molar-refractivity contribution in [2.45, 2.75) is 32.3 Å². The van der Waals surface area contributed by atoms with E-state index in [1.807, 2.05) is 6.92 Å². The summed E-state index contributed by atoms with van der Waals surface area (Å²) in [6, 6.07) is 6.83. The van der Waals surface area contributed by atoms with Gasteiger partial charge < -0.3 is 14.9 Å². The monoisotopic (exact) mass is 252 g/mol. The van der Waals surface area contributed by atoms with Gasteiger partial charge in [-0.3, -0.25) is 4.79 Å². The van der Waals surface area contributed by atoms with Crippen LogP contribution >= 0.6 is 0 Å². The zero-order chi connectivity index (χ0) is 13.8. The fraction of sp³-hybridized carbons (Fsp3) is 0.500. The van der Waals surface area contributed by atoms with Gasteiger partial charge in [0.2, 0.25) is 0 Å². The third-order valence-electron chi connectivity index (χ3n) is 3.23. The predicted octanol–water partition coefficient (Wildman–Crippen LogP) is 2.40. The van der Waals surface area contributed by atoms with Gasteiger partial charge in [-0.25, -0.2) is 0 Å². The van der Waals surface area contributed by atoms with E-state index in [4.69, 9.17) is 4.74 Å². The van der Waals surface area contributed by atoms with Crippen LogP contribution in [0.5, 0.6) is 5.75 Å². The number of benzene rings is 1. The number of carboxylic acids is 1. The molecule has 0 spiro atoms. The Morgan fingerprint density at radius 2 is 1.94 bits per heavy atom. The van der Waals surface area contributed by atoms with Crippen molar-refractivity contribution in [3.05, 3.63) is 29.8 Å². The number of carboxylic acid groups (broad SMARTS) is 1. The van der Waals surface area contributed by atoms with E-state index in [1.54, 1.807) is 38.3 Å². The van der Waals surface area contributed by atoms with Crippen molar-refractivity contribution in [3.8, 4) is 5.75 Å². The van der Waals surface area contributed by atoms with Crippen LogP contribution in [0.15, 0.2) is 24.3 Å². The first-order chi connectivity index (χ1) is 8.43. The van der Waals surface area contributed by atoms with Crippen molar-refractivity contribution in [2.24, 2.45) is 5.92 Å². The van der Waals surface area contributed by atoms with Crippen LogP contribution in [0.2, 0.25) is 0 Å².